The Morgan fingerprint density at radius 3 is 2.94 bits per heavy atom. The normalized spacial score (nSPS) is 27.1. The minimum Gasteiger partial charge on any atom is -0.472 e. The van der Waals surface area contributed by atoms with Crippen LogP contribution >= 0.6 is 15.9 Å². The average Bonchev–Trinajstić information content (AvgIpc) is 2.52. The summed E-state index contributed by atoms with van der Waals surface area (Å²) in [5, 5.41) is 10.1. The second kappa shape index (κ2) is 3.75. The van der Waals surface area contributed by atoms with Crippen molar-refractivity contribution in [2.24, 2.45) is 0 Å². The Bertz CT molecular complexity index is 446. The van der Waals surface area contributed by atoms with E-state index in [1.807, 2.05) is 0 Å². The van der Waals surface area contributed by atoms with E-state index in [4.69, 9.17) is 4.74 Å². The first kappa shape index (κ1) is 11.4. The molecule has 86 valence electrons. The molecule has 0 aromatic heterocycles. The van der Waals surface area contributed by atoms with E-state index < -0.39 is 17.7 Å². The molecule has 5 heteroatoms. The van der Waals surface area contributed by atoms with Crippen molar-refractivity contribution in [3.63, 3.8) is 0 Å². The van der Waals surface area contributed by atoms with Gasteiger partial charge in [-0.25, -0.2) is 4.79 Å². The van der Waals surface area contributed by atoms with Crippen LogP contribution in [0.1, 0.15) is 18.6 Å². The van der Waals surface area contributed by atoms with Crippen LogP contribution in [0.25, 0.3) is 0 Å². The summed E-state index contributed by atoms with van der Waals surface area (Å²) in [6, 6.07) is 5.22. The van der Waals surface area contributed by atoms with Crippen molar-refractivity contribution in [1.29, 1.82) is 0 Å². The van der Waals surface area contributed by atoms with Gasteiger partial charge < -0.3 is 14.6 Å². The average molecular weight is 287 g/mol. The molecule has 0 bridgehead atoms. The van der Waals surface area contributed by atoms with Gasteiger partial charge in [0, 0.05) is 10.0 Å². The Hall–Kier alpha value is -1.07. The molecule has 16 heavy (non-hydrogen) atoms. The highest BCUT2D eigenvalue weighted by molar-refractivity contribution is 9.10. The van der Waals surface area contributed by atoms with Crippen LogP contribution < -0.4 is 4.74 Å². The first-order valence-corrected chi connectivity index (χ1v) is 5.53. The quantitative estimate of drug-likeness (QED) is 0.800. The van der Waals surface area contributed by atoms with E-state index in [0.29, 0.717) is 11.3 Å². The number of aliphatic hydroxyl groups is 1. The predicted octanol–water partition coefficient (Wildman–Crippen LogP) is 1.81. The minimum absolute atomic E-state index is 0.503. The van der Waals surface area contributed by atoms with Gasteiger partial charge in [0.1, 0.15) is 11.9 Å². The number of ether oxygens (including phenoxy) is 2. The third-order valence-electron chi connectivity index (χ3n) is 2.70. The molecule has 0 fully saturated rings. The fourth-order valence-electron chi connectivity index (χ4n) is 1.76. The van der Waals surface area contributed by atoms with Crippen LogP contribution in [-0.2, 0) is 9.53 Å². The van der Waals surface area contributed by atoms with E-state index in [2.05, 4.69) is 20.7 Å². The molecule has 0 saturated heterocycles. The van der Waals surface area contributed by atoms with Gasteiger partial charge in [-0.2, -0.15) is 0 Å². The number of hydrogen-bond acceptors (Lipinski definition) is 4. The molecule has 1 aliphatic heterocycles. The van der Waals surface area contributed by atoms with Crippen molar-refractivity contribution in [2.75, 3.05) is 7.11 Å². The molecule has 2 rings (SSSR count). The summed E-state index contributed by atoms with van der Waals surface area (Å²) in [7, 11) is 1.27. The summed E-state index contributed by atoms with van der Waals surface area (Å²) >= 11 is 3.30. The maximum Gasteiger partial charge on any atom is 0.353 e. The summed E-state index contributed by atoms with van der Waals surface area (Å²) in [6.45, 7) is 1.51. The first-order valence-electron chi connectivity index (χ1n) is 4.74. The Labute approximate surface area is 101 Å². The van der Waals surface area contributed by atoms with Gasteiger partial charge in [0.15, 0.2) is 0 Å². The van der Waals surface area contributed by atoms with Gasteiger partial charge in [-0.15, -0.1) is 0 Å². The standard InChI is InChI=1S/C11H11BrO4/c1-11(10(14)15-2)9(13)7-5-6(12)3-4-8(7)16-11/h3-5,9,13H,1-2H3. The summed E-state index contributed by atoms with van der Waals surface area (Å²) in [6.07, 6.45) is -1.02. The molecule has 1 aliphatic rings. The van der Waals surface area contributed by atoms with Crippen LogP contribution in [-0.4, -0.2) is 23.8 Å². The van der Waals surface area contributed by atoms with Gasteiger partial charge in [-0.1, -0.05) is 15.9 Å². The number of hydrogen-bond donors (Lipinski definition) is 1. The number of esters is 1. The Morgan fingerprint density at radius 2 is 2.31 bits per heavy atom. The SMILES string of the molecule is COC(=O)C1(C)Oc2ccc(Br)cc2C1O. The summed E-state index contributed by atoms with van der Waals surface area (Å²) in [5.41, 5.74) is -0.778. The zero-order valence-corrected chi connectivity index (χ0v) is 10.4. The van der Waals surface area contributed by atoms with E-state index >= 15 is 0 Å². The topological polar surface area (TPSA) is 55.8 Å². The van der Waals surface area contributed by atoms with Gasteiger partial charge in [0.2, 0.25) is 5.60 Å². The molecule has 1 N–H and O–H groups in total. The maximum atomic E-state index is 11.6. The molecular weight excluding hydrogens is 276 g/mol. The number of methoxy groups -OCH3 is 1. The highest BCUT2D eigenvalue weighted by atomic mass is 79.9. The van der Waals surface area contributed by atoms with Crippen molar-refractivity contribution in [3.05, 3.63) is 28.2 Å². The zero-order chi connectivity index (χ0) is 11.9. The lowest BCUT2D eigenvalue weighted by Crippen LogP contribution is -2.44. The molecular formula is C11H11BrO4. The second-order valence-electron chi connectivity index (χ2n) is 3.79. The van der Waals surface area contributed by atoms with Gasteiger partial charge in [-0.05, 0) is 25.1 Å². The Morgan fingerprint density at radius 1 is 1.62 bits per heavy atom. The fraction of sp³-hybridized carbons (Fsp3) is 0.364. The summed E-state index contributed by atoms with van der Waals surface area (Å²) < 4.78 is 10.9. The number of halogens is 1. The van der Waals surface area contributed by atoms with Crippen LogP contribution in [0.5, 0.6) is 5.75 Å². The van der Waals surface area contributed by atoms with Gasteiger partial charge >= 0.3 is 5.97 Å². The molecule has 1 heterocycles. The molecule has 0 saturated carbocycles. The Balaban J connectivity index is 2.44. The maximum absolute atomic E-state index is 11.6. The number of benzene rings is 1. The molecule has 2 atom stereocenters. The van der Waals surface area contributed by atoms with E-state index in [0.717, 1.165) is 4.47 Å². The highest BCUT2D eigenvalue weighted by Crippen LogP contribution is 2.44. The summed E-state index contributed by atoms with van der Waals surface area (Å²) in [4.78, 5) is 11.6. The fourth-order valence-corrected chi connectivity index (χ4v) is 2.14. The van der Waals surface area contributed by atoms with Gasteiger partial charge in [-0.3, -0.25) is 0 Å². The zero-order valence-electron chi connectivity index (χ0n) is 8.86. The van der Waals surface area contributed by atoms with E-state index in [1.165, 1.54) is 14.0 Å². The largest absolute Gasteiger partial charge is 0.472 e. The molecule has 0 spiro atoms. The van der Waals surface area contributed by atoms with Crippen molar-refractivity contribution in [2.45, 2.75) is 18.6 Å². The van der Waals surface area contributed by atoms with Crippen molar-refractivity contribution in [1.82, 2.24) is 0 Å². The van der Waals surface area contributed by atoms with Crippen LogP contribution in [0.15, 0.2) is 22.7 Å². The number of carbonyl (C=O) groups is 1. The number of rotatable bonds is 1. The van der Waals surface area contributed by atoms with E-state index in [-0.39, 0.29) is 0 Å². The lowest BCUT2D eigenvalue weighted by Gasteiger charge is -2.24. The van der Waals surface area contributed by atoms with Crippen LogP contribution in [0.2, 0.25) is 0 Å². The molecule has 2 unspecified atom stereocenters. The predicted molar refractivity (Wildman–Crippen MR) is 60.2 cm³/mol. The van der Waals surface area contributed by atoms with E-state index in [9.17, 15) is 9.90 Å². The number of aliphatic hydroxyl groups excluding tert-OH is 1. The minimum atomic E-state index is -1.36. The lowest BCUT2D eigenvalue weighted by atomic mass is 9.96. The molecule has 4 nitrogen and oxygen atoms in total. The summed E-state index contributed by atoms with van der Waals surface area (Å²) in [5.74, 6) is -0.0871. The third-order valence-corrected chi connectivity index (χ3v) is 3.19. The lowest BCUT2D eigenvalue weighted by molar-refractivity contribution is -0.164. The molecule has 0 aliphatic carbocycles. The second-order valence-corrected chi connectivity index (χ2v) is 4.70. The van der Waals surface area contributed by atoms with Gasteiger partial charge in [0.05, 0.1) is 7.11 Å². The monoisotopic (exact) mass is 286 g/mol. The number of carbonyl (C=O) groups excluding carboxylic acids is 1. The number of fused-ring (bicyclic) bond motifs is 1. The molecule has 0 amide bonds. The molecule has 0 radical (unpaired) electrons. The smallest absolute Gasteiger partial charge is 0.353 e. The van der Waals surface area contributed by atoms with Crippen molar-refractivity contribution < 1.29 is 19.4 Å². The van der Waals surface area contributed by atoms with Crippen LogP contribution in [0.3, 0.4) is 0 Å². The Kier molecular flexibility index (Phi) is 2.67. The van der Waals surface area contributed by atoms with E-state index in [1.54, 1.807) is 18.2 Å². The van der Waals surface area contributed by atoms with Gasteiger partial charge in [0.25, 0.3) is 0 Å². The van der Waals surface area contributed by atoms with Crippen LogP contribution in [0.4, 0.5) is 0 Å². The van der Waals surface area contributed by atoms with Crippen molar-refractivity contribution in [3.8, 4) is 5.75 Å². The molecule has 1 aromatic carbocycles. The highest BCUT2D eigenvalue weighted by Gasteiger charge is 2.51. The van der Waals surface area contributed by atoms with Crippen LogP contribution in [0, 0.1) is 0 Å². The molecule has 1 aromatic rings. The van der Waals surface area contributed by atoms with Crippen molar-refractivity contribution >= 4 is 21.9 Å². The first-order chi connectivity index (χ1) is 7.49. The third kappa shape index (κ3) is 1.51.